The molecule has 0 aromatic heterocycles. The van der Waals surface area contributed by atoms with Crippen LogP contribution >= 0.6 is 0 Å². The number of hydrogen-bond donors (Lipinski definition) is 0. The highest BCUT2D eigenvalue weighted by Crippen LogP contribution is 1.95. The number of hydrogen-bond acceptors (Lipinski definition) is 1. The van der Waals surface area contributed by atoms with Crippen molar-refractivity contribution < 1.29 is 4.79 Å². The quantitative estimate of drug-likeness (QED) is 0.473. The van der Waals surface area contributed by atoms with Crippen molar-refractivity contribution >= 4 is 6.03 Å². The fourth-order valence-electron chi connectivity index (χ4n) is 0.755. The third-order valence-electron chi connectivity index (χ3n) is 1.27. The molecule has 0 aromatic rings. The molecule has 1 fully saturated rings. The molecule has 45 valence electrons. The second-order valence-corrected chi connectivity index (χ2v) is 1.74. The highest BCUT2D eigenvalue weighted by Gasteiger charge is 2.18. The Kier molecular flexibility index (Phi) is 1.37. The van der Waals surface area contributed by atoms with Crippen molar-refractivity contribution in [1.29, 1.82) is 0 Å². The summed E-state index contributed by atoms with van der Waals surface area (Å²) in [5, 5.41) is 3.68. The number of nitrogens with zero attached hydrogens (tertiary/aromatic N) is 2. The molecular formula is C5H9N2O. The SMILES string of the molecule is CCN1CC[N]C1=O. The topological polar surface area (TPSA) is 34.4 Å². The van der Waals surface area contributed by atoms with Gasteiger partial charge in [-0.05, 0) is 6.92 Å². The van der Waals surface area contributed by atoms with Crippen molar-refractivity contribution in [3.63, 3.8) is 0 Å². The zero-order valence-corrected chi connectivity index (χ0v) is 4.92. The van der Waals surface area contributed by atoms with Gasteiger partial charge in [-0.25, -0.2) is 10.1 Å². The Balaban J connectivity index is 2.42. The molecular weight excluding hydrogens is 104 g/mol. The van der Waals surface area contributed by atoms with Gasteiger partial charge in [0.05, 0.1) is 6.54 Å². The molecule has 0 bridgehead atoms. The molecule has 1 heterocycles. The molecule has 0 atom stereocenters. The van der Waals surface area contributed by atoms with E-state index in [1.54, 1.807) is 4.90 Å². The lowest BCUT2D eigenvalue weighted by Gasteiger charge is -2.07. The first kappa shape index (κ1) is 5.41. The van der Waals surface area contributed by atoms with Crippen LogP contribution in [0.4, 0.5) is 4.79 Å². The van der Waals surface area contributed by atoms with Crippen molar-refractivity contribution in [2.45, 2.75) is 6.92 Å². The van der Waals surface area contributed by atoms with Crippen molar-refractivity contribution in [3.8, 4) is 0 Å². The van der Waals surface area contributed by atoms with Crippen molar-refractivity contribution in [1.82, 2.24) is 10.2 Å². The number of amides is 2. The molecule has 1 saturated heterocycles. The van der Waals surface area contributed by atoms with Crippen LogP contribution in [0, 0.1) is 0 Å². The van der Waals surface area contributed by atoms with Crippen LogP contribution in [-0.4, -0.2) is 30.6 Å². The molecule has 3 heteroatoms. The molecule has 8 heavy (non-hydrogen) atoms. The Morgan fingerprint density at radius 2 is 2.62 bits per heavy atom. The van der Waals surface area contributed by atoms with Crippen molar-refractivity contribution in [2.24, 2.45) is 0 Å². The number of carbonyl (C=O) groups is 1. The van der Waals surface area contributed by atoms with Gasteiger partial charge in [-0.15, -0.1) is 0 Å². The maximum absolute atomic E-state index is 10.6. The minimum Gasteiger partial charge on any atom is -0.322 e. The Morgan fingerprint density at radius 3 is 2.88 bits per heavy atom. The summed E-state index contributed by atoms with van der Waals surface area (Å²) < 4.78 is 0. The smallest absolute Gasteiger partial charge is 0.322 e. The first-order valence-corrected chi connectivity index (χ1v) is 2.81. The van der Waals surface area contributed by atoms with Gasteiger partial charge in [0.2, 0.25) is 0 Å². The van der Waals surface area contributed by atoms with E-state index in [4.69, 9.17) is 0 Å². The summed E-state index contributed by atoms with van der Waals surface area (Å²) in [4.78, 5) is 12.3. The Morgan fingerprint density at radius 1 is 1.88 bits per heavy atom. The van der Waals surface area contributed by atoms with Crippen LogP contribution in [0.15, 0.2) is 0 Å². The first-order valence-electron chi connectivity index (χ1n) is 2.81. The second kappa shape index (κ2) is 2.03. The minimum atomic E-state index is -0.0486. The van der Waals surface area contributed by atoms with Gasteiger partial charge < -0.3 is 4.90 Å². The Hall–Kier alpha value is -0.730. The fraction of sp³-hybridized carbons (Fsp3) is 0.800. The molecule has 0 saturated carbocycles. The molecule has 0 N–H and O–H groups in total. The first-order chi connectivity index (χ1) is 3.84. The molecule has 0 aliphatic carbocycles. The monoisotopic (exact) mass is 113 g/mol. The van der Waals surface area contributed by atoms with Crippen LogP contribution in [0.25, 0.3) is 0 Å². The zero-order valence-electron chi connectivity index (χ0n) is 4.92. The number of carbonyl (C=O) groups excluding carboxylic acids is 1. The summed E-state index contributed by atoms with van der Waals surface area (Å²) in [6, 6.07) is -0.0486. The molecule has 1 radical (unpaired) electrons. The molecule has 3 nitrogen and oxygen atoms in total. The van der Waals surface area contributed by atoms with Gasteiger partial charge in [0, 0.05) is 13.1 Å². The van der Waals surface area contributed by atoms with Gasteiger partial charge in [-0.3, -0.25) is 0 Å². The highest BCUT2D eigenvalue weighted by molar-refractivity contribution is 5.75. The van der Waals surface area contributed by atoms with Crippen molar-refractivity contribution in [2.75, 3.05) is 19.6 Å². The van der Waals surface area contributed by atoms with E-state index < -0.39 is 0 Å². The van der Waals surface area contributed by atoms with E-state index >= 15 is 0 Å². The summed E-state index contributed by atoms with van der Waals surface area (Å²) in [6.45, 7) is 4.25. The normalized spacial score (nSPS) is 19.1. The van der Waals surface area contributed by atoms with Gasteiger partial charge in [0.15, 0.2) is 0 Å². The summed E-state index contributed by atoms with van der Waals surface area (Å²) in [7, 11) is 0. The molecule has 0 spiro atoms. The Labute approximate surface area is 48.7 Å². The zero-order chi connectivity index (χ0) is 5.98. The molecule has 1 aliphatic rings. The standard InChI is InChI=1S/C5H9N2O/c1-2-7-4-3-6-5(7)8/h2-4H2,1H3. The second-order valence-electron chi connectivity index (χ2n) is 1.74. The molecule has 1 aliphatic heterocycles. The Bertz CT molecular complexity index is 103. The average Bonchev–Trinajstić information content (AvgIpc) is 2.14. The molecule has 2 amide bonds. The van der Waals surface area contributed by atoms with Crippen LogP contribution in [0.5, 0.6) is 0 Å². The van der Waals surface area contributed by atoms with E-state index in [9.17, 15) is 4.79 Å². The highest BCUT2D eigenvalue weighted by atomic mass is 16.2. The van der Waals surface area contributed by atoms with E-state index in [2.05, 4.69) is 5.32 Å². The van der Waals surface area contributed by atoms with E-state index in [1.165, 1.54) is 0 Å². The summed E-state index contributed by atoms with van der Waals surface area (Å²) in [6.07, 6.45) is 0. The van der Waals surface area contributed by atoms with Crippen LogP contribution in [0.2, 0.25) is 0 Å². The molecule has 0 aromatic carbocycles. The van der Waals surface area contributed by atoms with Gasteiger partial charge in [-0.1, -0.05) is 0 Å². The maximum Gasteiger partial charge on any atom is 0.339 e. The summed E-state index contributed by atoms with van der Waals surface area (Å²) in [5.74, 6) is 0. The summed E-state index contributed by atoms with van der Waals surface area (Å²) >= 11 is 0. The lowest BCUT2D eigenvalue weighted by molar-refractivity contribution is 0.219. The fourth-order valence-corrected chi connectivity index (χ4v) is 0.755. The van der Waals surface area contributed by atoms with E-state index in [1.807, 2.05) is 6.92 Å². The largest absolute Gasteiger partial charge is 0.339 e. The summed E-state index contributed by atoms with van der Waals surface area (Å²) in [5.41, 5.74) is 0. The number of urea groups is 1. The number of rotatable bonds is 1. The van der Waals surface area contributed by atoms with Crippen LogP contribution in [0.3, 0.4) is 0 Å². The van der Waals surface area contributed by atoms with Gasteiger partial charge in [0.1, 0.15) is 0 Å². The van der Waals surface area contributed by atoms with Crippen LogP contribution in [0.1, 0.15) is 6.92 Å². The molecule has 0 unspecified atom stereocenters. The minimum absolute atomic E-state index is 0.0486. The average molecular weight is 113 g/mol. The maximum atomic E-state index is 10.6. The predicted molar refractivity (Wildman–Crippen MR) is 29.6 cm³/mol. The van der Waals surface area contributed by atoms with E-state index in [0.717, 1.165) is 13.1 Å². The lowest BCUT2D eigenvalue weighted by atomic mass is 10.6. The van der Waals surface area contributed by atoms with Gasteiger partial charge in [-0.2, -0.15) is 0 Å². The van der Waals surface area contributed by atoms with Crippen LogP contribution < -0.4 is 5.32 Å². The molecule has 1 rings (SSSR count). The lowest BCUT2D eigenvalue weighted by Crippen LogP contribution is -2.24. The van der Waals surface area contributed by atoms with Gasteiger partial charge in [0.25, 0.3) is 0 Å². The van der Waals surface area contributed by atoms with E-state index in [0.29, 0.717) is 6.54 Å². The predicted octanol–water partition coefficient (Wildman–Crippen LogP) is 0.0463. The van der Waals surface area contributed by atoms with E-state index in [-0.39, 0.29) is 6.03 Å². The van der Waals surface area contributed by atoms with Gasteiger partial charge >= 0.3 is 6.03 Å². The third-order valence-corrected chi connectivity index (χ3v) is 1.27. The van der Waals surface area contributed by atoms with Crippen LogP contribution in [-0.2, 0) is 0 Å². The third kappa shape index (κ3) is 0.757. The van der Waals surface area contributed by atoms with Crippen molar-refractivity contribution in [3.05, 3.63) is 0 Å². The number of likely N-dealkylation sites (N-methyl/N-ethyl adjacent to an activating group) is 1.